The van der Waals surface area contributed by atoms with Crippen molar-refractivity contribution in [3.8, 4) is 0 Å². The van der Waals surface area contributed by atoms with Gasteiger partial charge in [0.1, 0.15) is 6.04 Å². The number of carbonyl (C=O) groups excluding carboxylic acids is 1. The third-order valence-corrected chi connectivity index (χ3v) is 4.94. The molecular weight excluding hydrogens is 320 g/mol. The van der Waals surface area contributed by atoms with Crippen LogP contribution in [0.5, 0.6) is 0 Å². The van der Waals surface area contributed by atoms with Gasteiger partial charge in [0.15, 0.2) is 6.10 Å². The number of para-hydroxylation sites is 1. The van der Waals surface area contributed by atoms with Gasteiger partial charge in [-0.2, -0.15) is 0 Å². The lowest BCUT2D eigenvalue weighted by Crippen LogP contribution is -2.51. The molecule has 1 saturated heterocycles. The SMILES string of the molecule is Cc1nnc([C@@H]2CN(C(=O)[C@H](C)N3CCc4ccccc43)CCO2)o1. The Bertz CT molecular complexity index is 775. The van der Waals surface area contributed by atoms with Crippen molar-refractivity contribution in [1.29, 1.82) is 0 Å². The summed E-state index contributed by atoms with van der Waals surface area (Å²) in [6.45, 7) is 6.10. The summed E-state index contributed by atoms with van der Waals surface area (Å²) >= 11 is 0. The van der Waals surface area contributed by atoms with Crippen molar-refractivity contribution in [3.63, 3.8) is 0 Å². The molecule has 7 nitrogen and oxygen atoms in total. The summed E-state index contributed by atoms with van der Waals surface area (Å²) in [5.41, 5.74) is 2.48. The van der Waals surface area contributed by atoms with Crippen LogP contribution in [-0.2, 0) is 16.0 Å². The molecule has 0 radical (unpaired) electrons. The second-order valence-electron chi connectivity index (χ2n) is 6.55. The van der Waals surface area contributed by atoms with Gasteiger partial charge in [-0.3, -0.25) is 4.79 Å². The lowest BCUT2D eigenvalue weighted by atomic mass is 10.1. The number of hydrogen-bond acceptors (Lipinski definition) is 6. The van der Waals surface area contributed by atoms with Crippen molar-refractivity contribution in [2.24, 2.45) is 0 Å². The third-order valence-electron chi connectivity index (χ3n) is 4.94. The fraction of sp³-hybridized carbons (Fsp3) is 0.500. The molecule has 1 aromatic carbocycles. The van der Waals surface area contributed by atoms with E-state index in [0.29, 0.717) is 31.5 Å². The van der Waals surface area contributed by atoms with Gasteiger partial charge in [-0.25, -0.2) is 0 Å². The molecule has 3 heterocycles. The normalized spacial score (nSPS) is 21.3. The maximum atomic E-state index is 13.0. The topological polar surface area (TPSA) is 71.7 Å². The Morgan fingerprint density at radius 1 is 1.28 bits per heavy atom. The quantitative estimate of drug-likeness (QED) is 0.846. The van der Waals surface area contributed by atoms with Crippen LogP contribution in [0.2, 0.25) is 0 Å². The molecule has 1 aromatic heterocycles. The largest absolute Gasteiger partial charge is 0.423 e. The van der Waals surface area contributed by atoms with Gasteiger partial charge in [0, 0.05) is 25.7 Å². The predicted molar refractivity (Wildman–Crippen MR) is 91.3 cm³/mol. The second kappa shape index (κ2) is 6.48. The molecule has 2 atom stereocenters. The fourth-order valence-electron chi connectivity index (χ4n) is 3.60. The number of fused-ring (bicyclic) bond motifs is 1. The third kappa shape index (κ3) is 3.00. The number of carbonyl (C=O) groups is 1. The number of rotatable bonds is 3. The van der Waals surface area contributed by atoms with Crippen LogP contribution in [0, 0.1) is 6.92 Å². The molecule has 0 bridgehead atoms. The molecule has 2 aromatic rings. The molecule has 1 amide bonds. The van der Waals surface area contributed by atoms with Crippen LogP contribution in [0.15, 0.2) is 28.7 Å². The van der Waals surface area contributed by atoms with Crippen molar-refractivity contribution >= 4 is 11.6 Å². The molecule has 25 heavy (non-hydrogen) atoms. The average Bonchev–Trinajstić information content (AvgIpc) is 3.27. The first kappa shape index (κ1) is 16.1. The number of ether oxygens (including phenoxy) is 1. The molecule has 0 spiro atoms. The van der Waals surface area contributed by atoms with E-state index in [2.05, 4.69) is 27.2 Å². The number of aryl methyl sites for hydroxylation is 1. The van der Waals surface area contributed by atoms with Crippen LogP contribution in [0.25, 0.3) is 0 Å². The number of morpholine rings is 1. The highest BCUT2D eigenvalue weighted by atomic mass is 16.5. The van der Waals surface area contributed by atoms with Crippen LogP contribution in [-0.4, -0.2) is 53.3 Å². The van der Waals surface area contributed by atoms with Gasteiger partial charge in [-0.05, 0) is 25.0 Å². The van der Waals surface area contributed by atoms with E-state index in [1.54, 1.807) is 6.92 Å². The Hall–Kier alpha value is -2.41. The smallest absolute Gasteiger partial charge is 0.246 e. The zero-order valence-corrected chi connectivity index (χ0v) is 14.5. The molecule has 2 aliphatic rings. The summed E-state index contributed by atoms with van der Waals surface area (Å²) in [6.07, 6.45) is 0.637. The maximum Gasteiger partial charge on any atom is 0.246 e. The molecule has 7 heteroatoms. The summed E-state index contributed by atoms with van der Waals surface area (Å²) in [5, 5.41) is 7.87. The molecule has 0 aliphatic carbocycles. The highest BCUT2D eigenvalue weighted by Gasteiger charge is 2.34. The minimum absolute atomic E-state index is 0.112. The summed E-state index contributed by atoms with van der Waals surface area (Å²) < 4.78 is 11.2. The van der Waals surface area contributed by atoms with Crippen molar-refractivity contribution in [2.75, 3.05) is 31.1 Å². The highest BCUT2D eigenvalue weighted by molar-refractivity contribution is 5.86. The second-order valence-corrected chi connectivity index (χ2v) is 6.55. The van der Waals surface area contributed by atoms with E-state index >= 15 is 0 Å². The number of aromatic nitrogens is 2. The molecule has 1 fully saturated rings. The number of anilines is 1. The van der Waals surface area contributed by atoms with Gasteiger partial charge in [-0.1, -0.05) is 18.2 Å². The average molecular weight is 342 g/mol. The first-order valence-electron chi connectivity index (χ1n) is 8.68. The van der Waals surface area contributed by atoms with Crippen molar-refractivity contribution in [2.45, 2.75) is 32.4 Å². The van der Waals surface area contributed by atoms with Crippen molar-refractivity contribution in [1.82, 2.24) is 15.1 Å². The lowest BCUT2D eigenvalue weighted by Gasteiger charge is -2.36. The van der Waals surface area contributed by atoms with Crippen molar-refractivity contribution < 1.29 is 13.9 Å². The van der Waals surface area contributed by atoms with Crippen LogP contribution in [0.3, 0.4) is 0 Å². The molecule has 2 aliphatic heterocycles. The Balaban J connectivity index is 1.47. The summed E-state index contributed by atoms with van der Waals surface area (Å²) in [7, 11) is 0. The molecule has 0 unspecified atom stereocenters. The fourth-order valence-corrected chi connectivity index (χ4v) is 3.60. The van der Waals surface area contributed by atoms with Gasteiger partial charge < -0.3 is 19.0 Å². The zero-order valence-electron chi connectivity index (χ0n) is 14.5. The minimum atomic E-state index is -0.350. The Kier molecular flexibility index (Phi) is 4.17. The summed E-state index contributed by atoms with van der Waals surface area (Å²) in [6, 6.07) is 8.10. The molecule has 0 saturated carbocycles. The molecular formula is C18H22N4O3. The Labute approximate surface area is 146 Å². The Morgan fingerprint density at radius 2 is 2.12 bits per heavy atom. The first-order valence-corrected chi connectivity index (χ1v) is 8.68. The van der Waals surface area contributed by atoms with E-state index in [4.69, 9.17) is 9.15 Å². The van der Waals surface area contributed by atoms with E-state index < -0.39 is 0 Å². The number of amides is 1. The van der Waals surface area contributed by atoms with E-state index in [9.17, 15) is 4.79 Å². The molecule has 132 valence electrons. The van der Waals surface area contributed by atoms with Crippen LogP contribution in [0.4, 0.5) is 5.69 Å². The predicted octanol–water partition coefficient (Wildman–Crippen LogP) is 1.73. The first-order chi connectivity index (χ1) is 12.1. The minimum Gasteiger partial charge on any atom is -0.423 e. The van der Waals surface area contributed by atoms with Gasteiger partial charge in [0.05, 0.1) is 13.2 Å². The van der Waals surface area contributed by atoms with E-state index in [1.165, 1.54) is 11.3 Å². The standard InChI is InChI=1S/C18H22N4O3/c1-12(22-8-7-14-5-3-4-6-15(14)22)18(23)21-9-10-24-16(11-21)17-20-19-13(2)25-17/h3-6,12,16H,7-11H2,1-2H3/t12-,16-/m0/s1. The maximum absolute atomic E-state index is 13.0. The van der Waals surface area contributed by atoms with E-state index in [-0.39, 0.29) is 18.1 Å². The number of hydrogen-bond donors (Lipinski definition) is 0. The van der Waals surface area contributed by atoms with E-state index in [1.807, 2.05) is 24.0 Å². The molecule has 0 N–H and O–H groups in total. The monoisotopic (exact) mass is 342 g/mol. The van der Waals surface area contributed by atoms with Gasteiger partial charge in [-0.15, -0.1) is 10.2 Å². The van der Waals surface area contributed by atoms with Crippen molar-refractivity contribution in [3.05, 3.63) is 41.6 Å². The zero-order chi connectivity index (χ0) is 17.4. The van der Waals surface area contributed by atoms with Crippen LogP contribution < -0.4 is 4.90 Å². The van der Waals surface area contributed by atoms with Gasteiger partial charge in [0.25, 0.3) is 0 Å². The van der Waals surface area contributed by atoms with Gasteiger partial charge >= 0.3 is 0 Å². The molecule has 4 rings (SSSR count). The lowest BCUT2D eigenvalue weighted by molar-refractivity contribution is -0.141. The summed E-state index contributed by atoms with van der Waals surface area (Å²) in [4.78, 5) is 17.1. The van der Waals surface area contributed by atoms with E-state index in [0.717, 1.165) is 13.0 Å². The van der Waals surface area contributed by atoms with Crippen LogP contribution in [0.1, 0.15) is 30.4 Å². The summed E-state index contributed by atoms with van der Waals surface area (Å²) in [5.74, 6) is 1.06. The highest BCUT2D eigenvalue weighted by Crippen LogP contribution is 2.30. The Morgan fingerprint density at radius 3 is 2.92 bits per heavy atom. The number of benzene rings is 1. The van der Waals surface area contributed by atoms with Gasteiger partial charge in [0.2, 0.25) is 17.7 Å². The number of nitrogens with zero attached hydrogens (tertiary/aromatic N) is 4. The van der Waals surface area contributed by atoms with Crippen LogP contribution >= 0.6 is 0 Å².